The van der Waals surface area contributed by atoms with E-state index in [2.05, 4.69) is 10.9 Å². The lowest BCUT2D eigenvalue weighted by atomic mass is 10.1. The molecule has 2 N–H and O–H groups in total. The topological polar surface area (TPSA) is 58.2 Å². The second kappa shape index (κ2) is 7.90. The Balaban J connectivity index is 2.32. The minimum absolute atomic E-state index is 0.174. The Bertz CT molecular complexity index is 487. The Kier molecular flexibility index (Phi) is 6.52. The van der Waals surface area contributed by atoms with Crippen molar-refractivity contribution in [2.24, 2.45) is 5.92 Å². The number of rotatable bonds is 5. The number of nitrogens with one attached hydrogen (secondary N) is 2. The van der Waals surface area contributed by atoms with E-state index in [0.717, 1.165) is 11.1 Å². The van der Waals surface area contributed by atoms with E-state index in [0.29, 0.717) is 24.3 Å². The van der Waals surface area contributed by atoms with Crippen molar-refractivity contribution in [3.8, 4) is 0 Å². The summed E-state index contributed by atoms with van der Waals surface area (Å²) in [5.74, 6) is -0.118. The molecule has 4 nitrogen and oxygen atoms in total. The molecule has 20 heavy (non-hydrogen) atoms. The number of carbonyl (C=O) groups excluding carboxylic acids is 2. The number of hydrogen-bond donors (Lipinski definition) is 2. The highest BCUT2D eigenvalue weighted by Gasteiger charge is 2.07. The molecule has 2 amide bonds. The number of amides is 2. The van der Waals surface area contributed by atoms with Crippen molar-refractivity contribution in [2.45, 2.75) is 40.0 Å². The molecule has 0 bridgehead atoms. The molecule has 0 aliphatic carbocycles. The van der Waals surface area contributed by atoms with Crippen molar-refractivity contribution < 1.29 is 9.59 Å². The summed E-state index contributed by atoms with van der Waals surface area (Å²) in [6, 6.07) is 5.74. The van der Waals surface area contributed by atoms with Crippen molar-refractivity contribution in [3.05, 3.63) is 34.3 Å². The van der Waals surface area contributed by atoms with Crippen LogP contribution in [-0.4, -0.2) is 11.8 Å². The Hall–Kier alpha value is -1.55. The normalized spacial score (nSPS) is 10.4. The summed E-state index contributed by atoms with van der Waals surface area (Å²) in [7, 11) is 0. The van der Waals surface area contributed by atoms with Crippen LogP contribution in [0.25, 0.3) is 0 Å². The van der Waals surface area contributed by atoms with Gasteiger partial charge in [0.25, 0.3) is 0 Å². The van der Waals surface area contributed by atoms with Gasteiger partial charge in [-0.15, -0.1) is 0 Å². The van der Waals surface area contributed by atoms with E-state index in [1.54, 1.807) is 0 Å². The standard InChI is InChI=1S/C15H21ClN2O2/c1-10(2)8-15(20)18-17-14(19)7-6-12-5-4-11(3)13(16)9-12/h4-5,9-10H,6-8H2,1-3H3,(H,17,19)(H,18,20). The third-order valence-electron chi connectivity index (χ3n) is 2.81. The number of aryl methyl sites for hydroxylation is 2. The van der Waals surface area contributed by atoms with Gasteiger partial charge in [-0.2, -0.15) is 0 Å². The summed E-state index contributed by atoms with van der Waals surface area (Å²) in [5, 5.41) is 0.702. The Labute approximate surface area is 124 Å². The van der Waals surface area contributed by atoms with Crippen LogP contribution in [0.2, 0.25) is 5.02 Å². The molecule has 110 valence electrons. The van der Waals surface area contributed by atoms with Gasteiger partial charge in [-0.05, 0) is 36.5 Å². The molecule has 0 saturated carbocycles. The first-order valence-corrected chi connectivity index (χ1v) is 7.09. The van der Waals surface area contributed by atoms with Gasteiger partial charge < -0.3 is 0 Å². The maximum absolute atomic E-state index is 11.6. The average Bonchev–Trinajstić information content (AvgIpc) is 2.37. The highest BCUT2D eigenvalue weighted by atomic mass is 35.5. The lowest BCUT2D eigenvalue weighted by Gasteiger charge is -2.09. The fourth-order valence-electron chi connectivity index (χ4n) is 1.67. The summed E-state index contributed by atoms with van der Waals surface area (Å²) >= 11 is 6.02. The second-order valence-electron chi connectivity index (χ2n) is 5.28. The van der Waals surface area contributed by atoms with Crippen molar-refractivity contribution in [3.63, 3.8) is 0 Å². The van der Waals surface area contributed by atoms with Crippen LogP contribution in [0, 0.1) is 12.8 Å². The third-order valence-corrected chi connectivity index (χ3v) is 3.22. The van der Waals surface area contributed by atoms with Gasteiger partial charge in [0.1, 0.15) is 0 Å². The quantitative estimate of drug-likeness (QED) is 0.821. The summed E-state index contributed by atoms with van der Waals surface area (Å²) in [6.45, 7) is 5.83. The monoisotopic (exact) mass is 296 g/mol. The Morgan fingerprint density at radius 2 is 1.85 bits per heavy atom. The molecule has 1 rings (SSSR count). The third kappa shape index (κ3) is 6.06. The molecular weight excluding hydrogens is 276 g/mol. The van der Waals surface area contributed by atoms with E-state index in [9.17, 15) is 9.59 Å². The number of halogens is 1. The molecule has 0 fully saturated rings. The number of hydrazine groups is 1. The highest BCUT2D eigenvalue weighted by Crippen LogP contribution is 2.17. The molecule has 0 atom stereocenters. The molecule has 0 saturated heterocycles. The molecule has 0 aliphatic heterocycles. The van der Waals surface area contributed by atoms with Crippen LogP contribution in [0.3, 0.4) is 0 Å². The molecule has 0 unspecified atom stereocenters. The zero-order valence-electron chi connectivity index (χ0n) is 12.1. The van der Waals surface area contributed by atoms with Crippen LogP contribution in [0.1, 0.15) is 37.8 Å². The van der Waals surface area contributed by atoms with E-state index >= 15 is 0 Å². The van der Waals surface area contributed by atoms with E-state index < -0.39 is 0 Å². The van der Waals surface area contributed by atoms with Crippen LogP contribution < -0.4 is 10.9 Å². The van der Waals surface area contributed by atoms with Crippen LogP contribution in [-0.2, 0) is 16.0 Å². The van der Waals surface area contributed by atoms with Crippen LogP contribution in [0.5, 0.6) is 0 Å². The lowest BCUT2D eigenvalue weighted by molar-refractivity contribution is -0.129. The van der Waals surface area contributed by atoms with Crippen molar-refractivity contribution in [1.29, 1.82) is 0 Å². The van der Waals surface area contributed by atoms with Gasteiger partial charge in [0.15, 0.2) is 0 Å². The van der Waals surface area contributed by atoms with Crippen LogP contribution >= 0.6 is 11.6 Å². The summed E-state index contributed by atoms with van der Waals surface area (Å²) < 4.78 is 0. The van der Waals surface area contributed by atoms with Crippen molar-refractivity contribution >= 4 is 23.4 Å². The largest absolute Gasteiger partial charge is 0.273 e. The van der Waals surface area contributed by atoms with Crippen molar-refractivity contribution in [1.82, 2.24) is 10.9 Å². The molecule has 0 spiro atoms. The molecule has 0 aliphatic rings. The minimum atomic E-state index is -0.209. The summed E-state index contributed by atoms with van der Waals surface area (Å²) in [6.07, 6.45) is 1.29. The first kappa shape index (κ1) is 16.5. The summed E-state index contributed by atoms with van der Waals surface area (Å²) in [5.41, 5.74) is 6.84. The fourth-order valence-corrected chi connectivity index (χ4v) is 1.88. The fraction of sp³-hybridized carbons (Fsp3) is 0.467. The van der Waals surface area contributed by atoms with Gasteiger partial charge in [0.05, 0.1) is 0 Å². The zero-order valence-corrected chi connectivity index (χ0v) is 12.9. The van der Waals surface area contributed by atoms with Gasteiger partial charge >= 0.3 is 0 Å². The highest BCUT2D eigenvalue weighted by molar-refractivity contribution is 6.31. The molecule has 1 aromatic rings. The van der Waals surface area contributed by atoms with Gasteiger partial charge in [-0.3, -0.25) is 20.4 Å². The van der Waals surface area contributed by atoms with E-state index in [1.165, 1.54) is 0 Å². The first-order chi connectivity index (χ1) is 9.38. The number of hydrogen-bond acceptors (Lipinski definition) is 2. The number of benzene rings is 1. The SMILES string of the molecule is Cc1ccc(CCC(=O)NNC(=O)CC(C)C)cc1Cl. The Morgan fingerprint density at radius 1 is 1.20 bits per heavy atom. The van der Waals surface area contributed by atoms with E-state index in [1.807, 2.05) is 39.0 Å². The van der Waals surface area contributed by atoms with Gasteiger partial charge in [0.2, 0.25) is 11.8 Å². The van der Waals surface area contributed by atoms with Gasteiger partial charge in [-0.1, -0.05) is 37.6 Å². The first-order valence-electron chi connectivity index (χ1n) is 6.71. The second-order valence-corrected chi connectivity index (χ2v) is 5.69. The van der Waals surface area contributed by atoms with Gasteiger partial charge in [-0.25, -0.2) is 0 Å². The number of carbonyl (C=O) groups is 2. The van der Waals surface area contributed by atoms with E-state index in [-0.39, 0.29) is 17.7 Å². The molecular formula is C15H21ClN2O2. The smallest absolute Gasteiger partial charge is 0.238 e. The minimum Gasteiger partial charge on any atom is -0.273 e. The average molecular weight is 297 g/mol. The van der Waals surface area contributed by atoms with Crippen molar-refractivity contribution in [2.75, 3.05) is 0 Å². The predicted octanol–water partition coefficient (Wildman–Crippen LogP) is 2.77. The maximum Gasteiger partial charge on any atom is 0.238 e. The molecule has 0 radical (unpaired) electrons. The zero-order chi connectivity index (χ0) is 15.1. The predicted molar refractivity (Wildman–Crippen MR) is 80.3 cm³/mol. The molecule has 5 heteroatoms. The van der Waals surface area contributed by atoms with Gasteiger partial charge in [0, 0.05) is 17.9 Å². The lowest BCUT2D eigenvalue weighted by Crippen LogP contribution is -2.42. The molecule has 1 aromatic carbocycles. The van der Waals surface area contributed by atoms with Crippen LogP contribution in [0.4, 0.5) is 0 Å². The van der Waals surface area contributed by atoms with Crippen LogP contribution in [0.15, 0.2) is 18.2 Å². The van der Waals surface area contributed by atoms with E-state index in [4.69, 9.17) is 11.6 Å². The molecule has 0 heterocycles. The molecule has 0 aromatic heterocycles. The maximum atomic E-state index is 11.6. The Morgan fingerprint density at radius 3 is 2.45 bits per heavy atom. The summed E-state index contributed by atoms with van der Waals surface area (Å²) in [4.78, 5) is 23.0.